The molecule has 0 bridgehead atoms. The van der Waals surface area contributed by atoms with Crippen LogP contribution >= 0.6 is 0 Å². The summed E-state index contributed by atoms with van der Waals surface area (Å²) < 4.78 is 0. The van der Waals surface area contributed by atoms with Crippen molar-refractivity contribution in [2.45, 2.75) is 45.6 Å². The van der Waals surface area contributed by atoms with Crippen molar-refractivity contribution in [3.63, 3.8) is 0 Å². The minimum Gasteiger partial charge on any atom is -0.368 e. The number of rotatable bonds is 2. The largest absolute Gasteiger partial charge is 0.368 e. The number of likely N-dealkylation sites (N-methyl/N-ethyl adjacent to an activating group) is 1. The van der Waals surface area contributed by atoms with Crippen LogP contribution in [0, 0.1) is 0 Å². The first-order valence-corrected chi connectivity index (χ1v) is 5.99. The van der Waals surface area contributed by atoms with Gasteiger partial charge < -0.3 is 4.90 Å². The van der Waals surface area contributed by atoms with E-state index in [1.807, 2.05) is 0 Å². The second kappa shape index (κ2) is 3.55. The number of benzene rings is 1. The van der Waals surface area contributed by atoms with E-state index < -0.39 is 0 Å². The van der Waals surface area contributed by atoms with Crippen LogP contribution in [0.4, 0.5) is 5.69 Å². The third-order valence-corrected chi connectivity index (χ3v) is 3.84. The predicted molar refractivity (Wildman–Crippen MR) is 66.6 cm³/mol. The number of hydrogen-bond donors (Lipinski definition) is 0. The average molecular weight is 203 g/mol. The van der Waals surface area contributed by atoms with E-state index in [9.17, 15) is 0 Å². The van der Waals surface area contributed by atoms with Crippen LogP contribution in [0.25, 0.3) is 0 Å². The molecule has 0 fully saturated rings. The van der Waals surface area contributed by atoms with Crippen molar-refractivity contribution in [3.8, 4) is 0 Å². The number of nitrogens with zero attached hydrogens (tertiary/aromatic N) is 1. The van der Waals surface area contributed by atoms with Crippen LogP contribution in [0.1, 0.15) is 39.7 Å². The quantitative estimate of drug-likeness (QED) is 0.710. The number of hydrogen-bond acceptors (Lipinski definition) is 1. The molecule has 0 aromatic heterocycles. The molecule has 1 heteroatoms. The van der Waals surface area contributed by atoms with Crippen molar-refractivity contribution in [2.75, 3.05) is 11.4 Å². The van der Waals surface area contributed by atoms with E-state index in [1.165, 1.54) is 17.7 Å². The third kappa shape index (κ3) is 1.37. The van der Waals surface area contributed by atoms with Crippen LogP contribution in [-0.4, -0.2) is 12.6 Å². The minimum atomic E-state index is 0.293. The van der Waals surface area contributed by atoms with Crippen molar-refractivity contribution < 1.29 is 0 Å². The summed E-state index contributed by atoms with van der Waals surface area (Å²) in [6.07, 6.45) is 1.22. The Kier molecular flexibility index (Phi) is 2.49. The van der Waals surface area contributed by atoms with Crippen LogP contribution in [0.15, 0.2) is 24.3 Å². The molecular weight excluding hydrogens is 182 g/mol. The van der Waals surface area contributed by atoms with Gasteiger partial charge in [0.15, 0.2) is 0 Å². The molecule has 1 aliphatic heterocycles. The van der Waals surface area contributed by atoms with Crippen molar-refractivity contribution in [2.24, 2.45) is 0 Å². The summed E-state index contributed by atoms with van der Waals surface area (Å²) in [6.45, 7) is 10.4. The standard InChI is InChI=1S/C14H21N/c1-5-13-14(3,4)11-9-7-8-10-12(11)15(13)6-2/h7-10,13H,5-6H2,1-4H3. The highest BCUT2D eigenvalue weighted by molar-refractivity contribution is 5.63. The lowest BCUT2D eigenvalue weighted by molar-refractivity contribution is 0.409. The fourth-order valence-electron chi connectivity index (χ4n) is 3.13. The Morgan fingerprint density at radius 3 is 2.47 bits per heavy atom. The highest BCUT2D eigenvalue weighted by Crippen LogP contribution is 2.45. The molecule has 0 aliphatic carbocycles. The van der Waals surface area contributed by atoms with E-state index in [4.69, 9.17) is 0 Å². The van der Waals surface area contributed by atoms with Gasteiger partial charge in [0.1, 0.15) is 0 Å². The van der Waals surface area contributed by atoms with Crippen molar-refractivity contribution in [1.82, 2.24) is 0 Å². The van der Waals surface area contributed by atoms with Crippen LogP contribution in [-0.2, 0) is 5.41 Å². The Balaban J connectivity index is 2.54. The molecule has 0 spiro atoms. The lowest BCUT2D eigenvalue weighted by atomic mass is 9.79. The van der Waals surface area contributed by atoms with Gasteiger partial charge in [0.05, 0.1) is 0 Å². The molecule has 1 aromatic carbocycles. The Morgan fingerprint density at radius 1 is 1.20 bits per heavy atom. The predicted octanol–water partition coefficient (Wildman–Crippen LogP) is 3.58. The molecule has 1 atom stereocenters. The number of para-hydroxylation sites is 1. The maximum absolute atomic E-state index is 2.55. The topological polar surface area (TPSA) is 3.24 Å². The van der Waals surface area contributed by atoms with Crippen molar-refractivity contribution in [3.05, 3.63) is 29.8 Å². The van der Waals surface area contributed by atoms with E-state index in [2.05, 4.69) is 56.9 Å². The summed E-state index contributed by atoms with van der Waals surface area (Å²) in [5.41, 5.74) is 3.25. The summed E-state index contributed by atoms with van der Waals surface area (Å²) in [7, 11) is 0. The molecule has 2 rings (SSSR count). The summed E-state index contributed by atoms with van der Waals surface area (Å²) in [4.78, 5) is 2.55. The first-order valence-electron chi connectivity index (χ1n) is 5.99. The maximum atomic E-state index is 2.55. The summed E-state index contributed by atoms with van der Waals surface area (Å²) in [5, 5.41) is 0. The van der Waals surface area contributed by atoms with Crippen LogP contribution < -0.4 is 4.90 Å². The van der Waals surface area contributed by atoms with Gasteiger partial charge in [-0.15, -0.1) is 0 Å². The van der Waals surface area contributed by atoms with E-state index >= 15 is 0 Å². The van der Waals surface area contributed by atoms with E-state index in [-0.39, 0.29) is 0 Å². The monoisotopic (exact) mass is 203 g/mol. The summed E-state index contributed by atoms with van der Waals surface area (Å²) >= 11 is 0. The van der Waals surface area contributed by atoms with Gasteiger partial charge in [-0.2, -0.15) is 0 Å². The molecule has 1 nitrogen and oxygen atoms in total. The van der Waals surface area contributed by atoms with Gasteiger partial charge in [0.2, 0.25) is 0 Å². The number of anilines is 1. The van der Waals surface area contributed by atoms with E-state index in [0.29, 0.717) is 11.5 Å². The fourth-order valence-corrected chi connectivity index (χ4v) is 3.13. The van der Waals surface area contributed by atoms with Crippen molar-refractivity contribution >= 4 is 5.69 Å². The Morgan fingerprint density at radius 2 is 1.87 bits per heavy atom. The minimum absolute atomic E-state index is 0.293. The van der Waals surface area contributed by atoms with Gasteiger partial charge in [-0.3, -0.25) is 0 Å². The molecule has 1 aromatic rings. The smallest absolute Gasteiger partial charge is 0.0407 e. The van der Waals surface area contributed by atoms with Crippen molar-refractivity contribution in [1.29, 1.82) is 0 Å². The summed E-state index contributed by atoms with van der Waals surface area (Å²) in [6, 6.07) is 9.51. The molecule has 15 heavy (non-hydrogen) atoms. The zero-order chi connectivity index (χ0) is 11.1. The van der Waals surface area contributed by atoms with Gasteiger partial charge in [0.25, 0.3) is 0 Å². The lowest BCUT2D eigenvalue weighted by Gasteiger charge is -2.33. The highest BCUT2D eigenvalue weighted by Gasteiger charge is 2.42. The molecule has 1 heterocycles. The van der Waals surface area contributed by atoms with Gasteiger partial charge in [0, 0.05) is 23.7 Å². The van der Waals surface area contributed by atoms with Gasteiger partial charge in [-0.25, -0.2) is 0 Å². The molecule has 1 unspecified atom stereocenters. The maximum Gasteiger partial charge on any atom is 0.0407 e. The first kappa shape index (κ1) is 10.5. The van der Waals surface area contributed by atoms with Gasteiger partial charge in [-0.1, -0.05) is 39.0 Å². The highest BCUT2D eigenvalue weighted by atomic mass is 15.2. The first-order chi connectivity index (χ1) is 7.12. The van der Waals surface area contributed by atoms with Crippen LogP contribution in [0.5, 0.6) is 0 Å². The Labute approximate surface area is 93.1 Å². The molecule has 82 valence electrons. The van der Waals surface area contributed by atoms with Crippen LogP contribution in [0.3, 0.4) is 0 Å². The SMILES string of the molecule is CCC1N(CC)c2ccccc2C1(C)C. The molecule has 1 aliphatic rings. The zero-order valence-electron chi connectivity index (χ0n) is 10.2. The molecule has 0 saturated carbocycles. The molecule has 0 radical (unpaired) electrons. The fraction of sp³-hybridized carbons (Fsp3) is 0.571. The average Bonchev–Trinajstić information content (AvgIpc) is 2.46. The normalized spacial score (nSPS) is 22.9. The lowest BCUT2D eigenvalue weighted by Crippen LogP contribution is -2.40. The van der Waals surface area contributed by atoms with Gasteiger partial charge >= 0.3 is 0 Å². The Bertz CT molecular complexity index is 354. The molecular formula is C14H21N. The summed E-state index contributed by atoms with van der Waals surface area (Å²) in [5.74, 6) is 0. The second-order valence-electron chi connectivity index (χ2n) is 4.95. The third-order valence-electron chi connectivity index (χ3n) is 3.84. The van der Waals surface area contributed by atoms with E-state index in [0.717, 1.165) is 6.54 Å². The molecule has 0 amide bonds. The second-order valence-corrected chi connectivity index (χ2v) is 4.95. The molecule has 0 N–H and O–H groups in total. The number of fused-ring (bicyclic) bond motifs is 1. The molecule has 0 saturated heterocycles. The van der Waals surface area contributed by atoms with Crippen LogP contribution in [0.2, 0.25) is 0 Å². The zero-order valence-corrected chi connectivity index (χ0v) is 10.2. The van der Waals surface area contributed by atoms with Gasteiger partial charge in [-0.05, 0) is 25.0 Å². The Hall–Kier alpha value is -0.980. The van der Waals surface area contributed by atoms with E-state index in [1.54, 1.807) is 0 Å².